The summed E-state index contributed by atoms with van der Waals surface area (Å²) in [5.74, 6) is 0.780. The minimum absolute atomic E-state index is 0.154. The second-order valence-corrected chi connectivity index (χ2v) is 4.44. The van der Waals surface area contributed by atoms with Crippen molar-refractivity contribution in [2.75, 3.05) is 11.9 Å². The average Bonchev–Trinajstić information content (AvgIpc) is 2.27. The molecule has 1 rings (SSSR count). The number of hydrogen-bond donors (Lipinski definition) is 1. The van der Waals surface area contributed by atoms with Crippen molar-refractivity contribution in [3.05, 3.63) is 18.0 Å². The summed E-state index contributed by atoms with van der Waals surface area (Å²) in [6, 6.07) is 0.612. The molecule has 0 bridgehead atoms. The van der Waals surface area contributed by atoms with Gasteiger partial charge in [0.15, 0.2) is 0 Å². The average molecular weight is 222 g/mol. The van der Waals surface area contributed by atoms with E-state index in [4.69, 9.17) is 5.73 Å². The SMILES string of the molecule is CCC(C)N(C)c1ncc(CC(C)N)cn1. The first-order chi connectivity index (χ1) is 7.54. The summed E-state index contributed by atoms with van der Waals surface area (Å²) in [5, 5.41) is 0. The van der Waals surface area contributed by atoms with E-state index in [0.717, 1.165) is 24.4 Å². The highest BCUT2D eigenvalue weighted by molar-refractivity contribution is 5.29. The van der Waals surface area contributed by atoms with Crippen molar-refractivity contribution in [1.29, 1.82) is 0 Å². The monoisotopic (exact) mass is 222 g/mol. The zero-order valence-corrected chi connectivity index (χ0v) is 10.6. The fourth-order valence-corrected chi connectivity index (χ4v) is 1.48. The molecule has 0 radical (unpaired) electrons. The van der Waals surface area contributed by atoms with Crippen LogP contribution in [0.5, 0.6) is 0 Å². The normalized spacial score (nSPS) is 14.6. The van der Waals surface area contributed by atoms with Crippen molar-refractivity contribution in [2.45, 2.75) is 45.7 Å². The van der Waals surface area contributed by atoms with Gasteiger partial charge in [0.1, 0.15) is 0 Å². The number of aromatic nitrogens is 2. The van der Waals surface area contributed by atoms with E-state index in [2.05, 4.69) is 28.7 Å². The summed E-state index contributed by atoms with van der Waals surface area (Å²) < 4.78 is 0. The Balaban J connectivity index is 2.70. The summed E-state index contributed by atoms with van der Waals surface area (Å²) in [4.78, 5) is 10.8. The number of nitrogens with two attached hydrogens (primary N) is 1. The summed E-state index contributed by atoms with van der Waals surface area (Å²) in [5.41, 5.74) is 6.82. The Morgan fingerprint density at radius 3 is 2.31 bits per heavy atom. The van der Waals surface area contributed by atoms with E-state index in [0.29, 0.717) is 6.04 Å². The fraction of sp³-hybridized carbons (Fsp3) is 0.667. The first kappa shape index (κ1) is 12.9. The molecule has 90 valence electrons. The molecule has 0 fully saturated rings. The molecule has 2 N–H and O–H groups in total. The lowest BCUT2D eigenvalue weighted by molar-refractivity contribution is 0.646. The summed E-state index contributed by atoms with van der Waals surface area (Å²) >= 11 is 0. The molecule has 2 atom stereocenters. The Labute approximate surface area is 97.9 Å². The van der Waals surface area contributed by atoms with Gasteiger partial charge in [-0.25, -0.2) is 9.97 Å². The highest BCUT2D eigenvalue weighted by Gasteiger charge is 2.10. The lowest BCUT2D eigenvalue weighted by Crippen LogP contribution is -2.29. The number of anilines is 1. The van der Waals surface area contributed by atoms with Crippen LogP contribution in [0.25, 0.3) is 0 Å². The minimum Gasteiger partial charge on any atom is -0.341 e. The van der Waals surface area contributed by atoms with Crippen molar-refractivity contribution >= 4 is 5.95 Å². The molecule has 0 aromatic carbocycles. The van der Waals surface area contributed by atoms with Crippen molar-refractivity contribution < 1.29 is 0 Å². The molecule has 0 aliphatic heterocycles. The predicted molar refractivity (Wildman–Crippen MR) is 67.5 cm³/mol. The van der Waals surface area contributed by atoms with E-state index >= 15 is 0 Å². The van der Waals surface area contributed by atoms with Gasteiger partial charge < -0.3 is 10.6 Å². The largest absolute Gasteiger partial charge is 0.341 e. The molecule has 1 aromatic rings. The van der Waals surface area contributed by atoms with Gasteiger partial charge in [0.2, 0.25) is 5.95 Å². The van der Waals surface area contributed by atoms with Crippen LogP contribution in [0.2, 0.25) is 0 Å². The first-order valence-corrected chi connectivity index (χ1v) is 5.84. The highest BCUT2D eigenvalue weighted by Crippen LogP contribution is 2.11. The molecule has 16 heavy (non-hydrogen) atoms. The molecule has 0 aliphatic rings. The number of rotatable bonds is 5. The smallest absolute Gasteiger partial charge is 0.225 e. The van der Waals surface area contributed by atoms with Gasteiger partial charge in [-0.05, 0) is 32.3 Å². The van der Waals surface area contributed by atoms with Crippen LogP contribution in [0.3, 0.4) is 0 Å². The van der Waals surface area contributed by atoms with Crippen LogP contribution < -0.4 is 10.6 Å². The second-order valence-electron chi connectivity index (χ2n) is 4.44. The van der Waals surface area contributed by atoms with Crippen molar-refractivity contribution in [3.63, 3.8) is 0 Å². The predicted octanol–water partition coefficient (Wildman–Crippen LogP) is 1.60. The van der Waals surface area contributed by atoms with Gasteiger partial charge in [-0.2, -0.15) is 0 Å². The van der Waals surface area contributed by atoms with Crippen LogP contribution in [0.4, 0.5) is 5.95 Å². The zero-order chi connectivity index (χ0) is 12.1. The van der Waals surface area contributed by atoms with Crippen LogP contribution in [-0.4, -0.2) is 29.1 Å². The molecule has 2 unspecified atom stereocenters. The van der Waals surface area contributed by atoms with E-state index in [1.807, 2.05) is 26.4 Å². The molecule has 1 aromatic heterocycles. The van der Waals surface area contributed by atoms with E-state index in [-0.39, 0.29) is 6.04 Å². The summed E-state index contributed by atoms with van der Waals surface area (Å²) in [6.45, 7) is 6.31. The Hall–Kier alpha value is -1.16. The third-order valence-electron chi connectivity index (χ3n) is 2.82. The fourth-order valence-electron chi connectivity index (χ4n) is 1.48. The third-order valence-corrected chi connectivity index (χ3v) is 2.82. The number of hydrogen-bond acceptors (Lipinski definition) is 4. The lowest BCUT2D eigenvalue weighted by Gasteiger charge is -2.23. The van der Waals surface area contributed by atoms with E-state index in [1.54, 1.807) is 0 Å². The Morgan fingerprint density at radius 1 is 1.31 bits per heavy atom. The lowest BCUT2D eigenvalue weighted by atomic mass is 10.1. The topological polar surface area (TPSA) is 55.0 Å². The van der Waals surface area contributed by atoms with Gasteiger partial charge in [-0.15, -0.1) is 0 Å². The van der Waals surface area contributed by atoms with Gasteiger partial charge in [0, 0.05) is 31.5 Å². The Morgan fingerprint density at radius 2 is 1.88 bits per heavy atom. The maximum absolute atomic E-state index is 5.73. The van der Waals surface area contributed by atoms with Crippen molar-refractivity contribution in [1.82, 2.24) is 9.97 Å². The molecule has 4 heteroatoms. The maximum Gasteiger partial charge on any atom is 0.225 e. The van der Waals surface area contributed by atoms with Gasteiger partial charge in [-0.3, -0.25) is 0 Å². The van der Waals surface area contributed by atoms with Gasteiger partial charge in [-0.1, -0.05) is 6.92 Å². The second kappa shape index (κ2) is 5.80. The minimum atomic E-state index is 0.154. The quantitative estimate of drug-likeness (QED) is 0.822. The Bertz CT molecular complexity index is 307. The third kappa shape index (κ3) is 3.45. The number of nitrogens with zero attached hydrogens (tertiary/aromatic N) is 3. The van der Waals surface area contributed by atoms with E-state index in [1.165, 1.54) is 0 Å². The van der Waals surface area contributed by atoms with Gasteiger partial charge >= 0.3 is 0 Å². The highest BCUT2D eigenvalue weighted by atomic mass is 15.2. The van der Waals surface area contributed by atoms with Crippen LogP contribution in [0, 0.1) is 0 Å². The molecule has 0 amide bonds. The van der Waals surface area contributed by atoms with Crippen LogP contribution in [-0.2, 0) is 6.42 Å². The summed E-state index contributed by atoms with van der Waals surface area (Å²) in [7, 11) is 2.02. The van der Waals surface area contributed by atoms with E-state index in [9.17, 15) is 0 Å². The van der Waals surface area contributed by atoms with Crippen LogP contribution >= 0.6 is 0 Å². The Kier molecular flexibility index (Phi) is 4.68. The van der Waals surface area contributed by atoms with Crippen LogP contribution in [0.15, 0.2) is 12.4 Å². The van der Waals surface area contributed by atoms with Gasteiger partial charge in [0.05, 0.1) is 0 Å². The van der Waals surface area contributed by atoms with Crippen molar-refractivity contribution in [2.24, 2.45) is 5.73 Å². The zero-order valence-electron chi connectivity index (χ0n) is 10.6. The molecule has 0 spiro atoms. The van der Waals surface area contributed by atoms with Gasteiger partial charge in [0.25, 0.3) is 0 Å². The first-order valence-electron chi connectivity index (χ1n) is 5.84. The van der Waals surface area contributed by atoms with Crippen LogP contribution in [0.1, 0.15) is 32.8 Å². The summed E-state index contributed by atoms with van der Waals surface area (Å²) in [6.07, 6.45) is 5.64. The molecular weight excluding hydrogens is 200 g/mol. The maximum atomic E-state index is 5.73. The molecule has 0 saturated carbocycles. The van der Waals surface area contributed by atoms with E-state index < -0.39 is 0 Å². The molecule has 1 heterocycles. The standard InChI is InChI=1S/C12H22N4/c1-5-10(3)16(4)12-14-7-11(8-15-12)6-9(2)13/h7-10H,5-6,13H2,1-4H3. The molecule has 0 aliphatic carbocycles. The molecule has 4 nitrogen and oxygen atoms in total. The van der Waals surface area contributed by atoms with Crippen molar-refractivity contribution in [3.8, 4) is 0 Å². The molecular formula is C12H22N4. The molecule has 0 saturated heterocycles.